The predicted molar refractivity (Wildman–Crippen MR) is 105 cm³/mol. The number of nitrogens with one attached hydrogen (secondary N) is 2. The fourth-order valence-electron chi connectivity index (χ4n) is 2.69. The molecule has 2 N–H and O–H groups in total. The molecule has 0 spiro atoms. The fraction of sp³-hybridized carbons (Fsp3) is 0.238. The fourth-order valence-corrected chi connectivity index (χ4v) is 2.69. The van der Waals surface area contributed by atoms with Gasteiger partial charge in [-0.15, -0.1) is 0 Å². The Bertz CT molecular complexity index is 907. The Kier molecular flexibility index (Phi) is 5.37. The van der Waals surface area contributed by atoms with Crippen LogP contribution in [0, 0.1) is 0 Å². The van der Waals surface area contributed by atoms with Gasteiger partial charge in [0, 0.05) is 23.3 Å². The molecule has 0 aliphatic carbocycles. The topological polar surface area (TPSA) is 63.2 Å². The number of anilines is 2. The molecule has 1 heterocycles. The van der Waals surface area contributed by atoms with Crippen LogP contribution in [0.3, 0.4) is 0 Å². The van der Waals surface area contributed by atoms with E-state index >= 15 is 0 Å². The number of hydrogen-bond acceptors (Lipinski definition) is 4. The van der Waals surface area contributed by atoms with Crippen molar-refractivity contribution in [1.29, 1.82) is 0 Å². The molecular weight excluding hydrogens is 326 g/mol. The lowest BCUT2D eigenvalue weighted by atomic mass is 10.1. The van der Waals surface area contributed by atoms with Gasteiger partial charge in [-0.1, -0.05) is 31.2 Å². The van der Waals surface area contributed by atoms with Gasteiger partial charge in [0.25, 0.3) is 5.91 Å². The minimum atomic E-state index is -0.0981. The van der Waals surface area contributed by atoms with Crippen LogP contribution in [0.5, 0.6) is 5.75 Å². The summed E-state index contributed by atoms with van der Waals surface area (Å²) < 4.78 is 5.18. The maximum absolute atomic E-state index is 12.6. The number of fused-ring (bicyclic) bond motifs is 1. The molecule has 1 aromatic heterocycles. The van der Waals surface area contributed by atoms with Crippen molar-refractivity contribution in [2.24, 2.45) is 0 Å². The van der Waals surface area contributed by atoms with E-state index in [-0.39, 0.29) is 11.9 Å². The molecule has 1 unspecified atom stereocenters. The number of nitrogens with zero attached hydrogens (tertiary/aromatic N) is 1. The smallest absolute Gasteiger partial charge is 0.253 e. The summed E-state index contributed by atoms with van der Waals surface area (Å²) in [4.78, 5) is 17.1. The van der Waals surface area contributed by atoms with E-state index in [0.717, 1.165) is 28.6 Å². The molecule has 134 valence electrons. The number of amides is 1. The van der Waals surface area contributed by atoms with Crippen LogP contribution in [0.2, 0.25) is 0 Å². The van der Waals surface area contributed by atoms with Gasteiger partial charge < -0.3 is 15.4 Å². The molecule has 0 aliphatic heterocycles. The van der Waals surface area contributed by atoms with Gasteiger partial charge in [0.15, 0.2) is 0 Å². The molecule has 0 bridgehead atoms. The standard InChI is InChI=1S/C21H23N3O2/c1-4-14(2)23-21(25)19-13-22-20(18-8-6-5-7-17(18)19)24-15-9-11-16(26-3)12-10-15/h5-14H,4H2,1-3H3,(H,22,24)(H,23,25). The van der Waals surface area contributed by atoms with Crippen LogP contribution in [0.25, 0.3) is 10.8 Å². The molecule has 2 aromatic carbocycles. The molecule has 5 nitrogen and oxygen atoms in total. The second-order valence-electron chi connectivity index (χ2n) is 6.20. The normalized spacial score (nSPS) is 11.8. The van der Waals surface area contributed by atoms with E-state index in [1.54, 1.807) is 13.3 Å². The van der Waals surface area contributed by atoms with Gasteiger partial charge in [-0.25, -0.2) is 4.98 Å². The van der Waals surface area contributed by atoms with Crippen molar-refractivity contribution < 1.29 is 9.53 Å². The maximum atomic E-state index is 12.6. The van der Waals surface area contributed by atoms with Crippen LogP contribution in [0.15, 0.2) is 54.7 Å². The van der Waals surface area contributed by atoms with Gasteiger partial charge in [0.2, 0.25) is 0 Å². The van der Waals surface area contributed by atoms with E-state index in [4.69, 9.17) is 4.74 Å². The third kappa shape index (κ3) is 3.77. The lowest BCUT2D eigenvalue weighted by Gasteiger charge is -2.15. The van der Waals surface area contributed by atoms with Crippen LogP contribution in [0.1, 0.15) is 30.6 Å². The van der Waals surface area contributed by atoms with Crippen LogP contribution in [-0.2, 0) is 0 Å². The third-order valence-corrected chi connectivity index (χ3v) is 4.38. The monoisotopic (exact) mass is 349 g/mol. The summed E-state index contributed by atoms with van der Waals surface area (Å²) in [7, 11) is 1.64. The maximum Gasteiger partial charge on any atom is 0.253 e. The highest BCUT2D eigenvalue weighted by Gasteiger charge is 2.15. The molecule has 0 fully saturated rings. The SMILES string of the molecule is CCC(C)NC(=O)c1cnc(Nc2ccc(OC)cc2)c2ccccc12. The number of methoxy groups -OCH3 is 1. The highest BCUT2D eigenvalue weighted by Crippen LogP contribution is 2.27. The lowest BCUT2D eigenvalue weighted by Crippen LogP contribution is -2.32. The minimum Gasteiger partial charge on any atom is -0.497 e. The van der Waals surface area contributed by atoms with E-state index in [1.165, 1.54) is 0 Å². The second-order valence-corrected chi connectivity index (χ2v) is 6.20. The Morgan fingerprint density at radius 1 is 1.12 bits per heavy atom. The predicted octanol–water partition coefficient (Wildman–Crippen LogP) is 4.52. The summed E-state index contributed by atoms with van der Waals surface area (Å²) >= 11 is 0. The van der Waals surface area contributed by atoms with Crippen molar-refractivity contribution in [1.82, 2.24) is 10.3 Å². The van der Waals surface area contributed by atoms with Crippen molar-refractivity contribution in [2.45, 2.75) is 26.3 Å². The van der Waals surface area contributed by atoms with E-state index in [9.17, 15) is 4.79 Å². The Morgan fingerprint density at radius 3 is 2.46 bits per heavy atom. The van der Waals surface area contributed by atoms with Crippen molar-refractivity contribution in [3.05, 3.63) is 60.3 Å². The average molecular weight is 349 g/mol. The molecule has 0 saturated heterocycles. The van der Waals surface area contributed by atoms with Crippen molar-refractivity contribution in [2.75, 3.05) is 12.4 Å². The minimum absolute atomic E-state index is 0.0981. The Labute approximate surface area is 153 Å². The van der Waals surface area contributed by atoms with Crippen LogP contribution >= 0.6 is 0 Å². The van der Waals surface area contributed by atoms with Gasteiger partial charge in [-0.3, -0.25) is 4.79 Å². The molecule has 0 saturated carbocycles. The van der Waals surface area contributed by atoms with E-state index in [2.05, 4.69) is 15.6 Å². The molecule has 1 atom stereocenters. The largest absolute Gasteiger partial charge is 0.497 e. The highest BCUT2D eigenvalue weighted by molar-refractivity contribution is 6.09. The van der Waals surface area contributed by atoms with E-state index in [0.29, 0.717) is 11.4 Å². The van der Waals surface area contributed by atoms with Crippen molar-refractivity contribution >= 4 is 28.2 Å². The van der Waals surface area contributed by atoms with Gasteiger partial charge in [0.05, 0.1) is 12.7 Å². The molecular formula is C21H23N3O2. The van der Waals surface area contributed by atoms with Crippen molar-refractivity contribution in [3.8, 4) is 5.75 Å². The summed E-state index contributed by atoms with van der Waals surface area (Å²) in [6.07, 6.45) is 2.51. The Balaban J connectivity index is 1.95. The van der Waals surface area contributed by atoms with E-state index in [1.807, 2.05) is 62.4 Å². The average Bonchev–Trinajstić information content (AvgIpc) is 2.68. The molecule has 1 amide bonds. The zero-order chi connectivity index (χ0) is 18.5. The molecule has 3 rings (SSSR count). The Morgan fingerprint density at radius 2 is 1.81 bits per heavy atom. The third-order valence-electron chi connectivity index (χ3n) is 4.38. The number of rotatable bonds is 6. The van der Waals surface area contributed by atoms with E-state index < -0.39 is 0 Å². The number of carbonyl (C=O) groups is 1. The first kappa shape index (κ1) is 17.7. The zero-order valence-electron chi connectivity index (χ0n) is 15.2. The quantitative estimate of drug-likeness (QED) is 0.687. The number of pyridine rings is 1. The summed E-state index contributed by atoms with van der Waals surface area (Å²) in [6, 6.07) is 15.5. The molecule has 5 heteroatoms. The van der Waals surface area contributed by atoms with Gasteiger partial charge in [-0.05, 0) is 43.0 Å². The number of hydrogen-bond donors (Lipinski definition) is 2. The van der Waals surface area contributed by atoms with Crippen LogP contribution in [-0.4, -0.2) is 24.0 Å². The van der Waals surface area contributed by atoms with Gasteiger partial charge >= 0.3 is 0 Å². The first-order valence-electron chi connectivity index (χ1n) is 8.72. The van der Waals surface area contributed by atoms with Gasteiger partial charge in [0.1, 0.15) is 11.6 Å². The summed E-state index contributed by atoms with van der Waals surface area (Å²) in [6.45, 7) is 4.04. The summed E-state index contributed by atoms with van der Waals surface area (Å²) in [5, 5.41) is 8.10. The number of benzene rings is 2. The van der Waals surface area contributed by atoms with Crippen molar-refractivity contribution in [3.63, 3.8) is 0 Å². The highest BCUT2D eigenvalue weighted by atomic mass is 16.5. The molecule has 0 radical (unpaired) electrons. The first-order chi connectivity index (χ1) is 12.6. The summed E-state index contributed by atoms with van der Waals surface area (Å²) in [5.74, 6) is 1.41. The molecule has 0 aliphatic rings. The number of aromatic nitrogens is 1. The number of carbonyl (C=O) groups excluding carboxylic acids is 1. The Hall–Kier alpha value is -3.08. The number of ether oxygens (including phenoxy) is 1. The van der Waals surface area contributed by atoms with Gasteiger partial charge in [-0.2, -0.15) is 0 Å². The molecule has 3 aromatic rings. The first-order valence-corrected chi connectivity index (χ1v) is 8.72. The summed E-state index contributed by atoms with van der Waals surface area (Å²) in [5.41, 5.74) is 1.49. The second kappa shape index (κ2) is 7.87. The van der Waals surface area contributed by atoms with Crippen LogP contribution in [0.4, 0.5) is 11.5 Å². The zero-order valence-corrected chi connectivity index (χ0v) is 15.2. The lowest BCUT2D eigenvalue weighted by molar-refractivity contribution is 0.0940. The molecule has 26 heavy (non-hydrogen) atoms. The van der Waals surface area contributed by atoms with Crippen LogP contribution < -0.4 is 15.4 Å².